The Morgan fingerprint density at radius 2 is 2.04 bits per heavy atom. The van der Waals surface area contributed by atoms with Gasteiger partial charge in [-0.2, -0.15) is 0 Å². The van der Waals surface area contributed by atoms with Crippen molar-refractivity contribution in [2.45, 2.75) is 87.7 Å². The number of hydrogen-bond donors (Lipinski definition) is 3. The minimum absolute atomic E-state index is 0.00770. The predicted molar refractivity (Wildman–Crippen MR) is 206 cm³/mol. The lowest BCUT2D eigenvalue weighted by molar-refractivity contribution is -0.186. The molecule has 1 amide bonds. The zero-order valence-corrected chi connectivity index (χ0v) is 32.0. The number of carbonyl (C=O) groups excluding carboxylic acids is 2. The van der Waals surface area contributed by atoms with Crippen LogP contribution in [0.15, 0.2) is 79.8 Å². The minimum atomic E-state index is -1.12. The van der Waals surface area contributed by atoms with Gasteiger partial charge in [-0.3, -0.25) is 4.79 Å². The third kappa shape index (κ3) is 5.71. The Kier molecular flexibility index (Phi) is 9.10. The van der Waals surface area contributed by atoms with Crippen LogP contribution in [0.4, 0.5) is 0 Å². The molecule has 1 saturated heterocycles. The summed E-state index contributed by atoms with van der Waals surface area (Å²) in [5.41, 5.74) is 8.89. The number of nitrogens with two attached hydrogens (primary N) is 1. The van der Waals surface area contributed by atoms with Crippen molar-refractivity contribution in [1.29, 1.82) is 0 Å². The van der Waals surface area contributed by atoms with Gasteiger partial charge in [0.05, 0.1) is 24.2 Å². The normalized spacial score (nSPS) is 31.2. The molecule has 5 heterocycles. The number of amides is 1. The molecule has 4 aliphatic heterocycles. The summed E-state index contributed by atoms with van der Waals surface area (Å²) in [5.74, 6) is 1.62. The van der Waals surface area contributed by atoms with E-state index in [0.29, 0.717) is 48.0 Å². The van der Waals surface area contributed by atoms with Gasteiger partial charge in [0.2, 0.25) is 5.91 Å². The van der Waals surface area contributed by atoms with Crippen molar-refractivity contribution < 1.29 is 23.5 Å². The monoisotopic (exact) mass is 744 g/mol. The molecule has 8 rings (SSSR count). The highest BCUT2D eigenvalue weighted by Gasteiger charge is 2.64. The SMILES string of the molecule is C/C=C(\C)C(=O)O[C@]1(C)CC=C2CSSC3(CCCC3)[C@H]3[C@H](CNC)CN3C(=O)CC3=C(C=C(N)NC3)[C@H]2[C@]12Cc1cc3ccc(=O)oc3cc1O2. The molecule has 6 aliphatic rings. The number of esters is 1. The molecule has 2 fully saturated rings. The van der Waals surface area contributed by atoms with Gasteiger partial charge in [-0.1, -0.05) is 52.2 Å². The lowest BCUT2D eigenvalue weighted by atomic mass is 9.61. The van der Waals surface area contributed by atoms with Crippen molar-refractivity contribution in [3.63, 3.8) is 0 Å². The number of nitrogens with zero attached hydrogens (tertiary/aromatic N) is 1. The quantitative estimate of drug-likeness (QED) is 0.120. The number of dihydropyridines is 1. The van der Waals surface area contributed by atoms with Gasteiger partial charge >= 0.3 is 11.6 Å². The zero-order chi connectivity index (χ0) is 36.4. The van der Waals surface area contributed by atoms with Crippen molar-refractivity contribution in [3.05, 3.63) is 86.6 Å². The molecule has 276 valence electrons. The summed E-state index contributed by atoms with van der Waals surface area (Å²) in [7, 11) is 5.86. The third-order valence-electron chi connectivity index (χ3n) is 12.4. The van der Waals surface area contributed by atoms with E-state index in [9.17, 15) is 14.4 Å². The molecule has 0 radical (unpaired) electrons. The molecule has 10 nitrogen and oxygen atoms in total. The smallest absolute Gasteiger partial charge is 0.336 e. The number of ether oxygens (including phenoxy) is 2. The maximum absolute atomic E-state index is 14.5. The predicted octanol–water partition coefficient (Wildman–Crippen LogP) is 5.53. The Bertz CT molecular complexity index is 2010. The summed E-state index contributed by atoms with van der Waals surface area (Å²) in [6, 6.07) is 7.18. The minimum Gasteiger partial charge on any atom is -0.481 e. The average Bonchev–Trinajstić information content (AvgIpc) is 3.72. The molecule has 12 heteroatoms. The largest absolute Gasteiger partial charge is 0.481 e. The molecule has 4 N–H and O–H groups in total. The first kappa shape index (κ1) is 35.4. The van der Waals surface area contributed by atoms with Gasteiger partial charge in [-0.15, -0.1) is 0 Å². The number of allylic oxidation sites excluding steroid dienone is 2. The standard InChI is InChI=1S/C40H48N4O6S2/c1-5-23(2)37(47)50-38(3)13-10-25-22-51-52-39(11-6-7-12-39)36-28(19-42-4)21-44(36)33(45)15-27-20-43-32(41)16-29(27)35(25)40(38)18-26-14-24-8-9-34(46)48-30(24)17-31(26)49-40/h5,8-10,14,16-17,28,35-36,42-43H,6-7,11-13,15,18-22,41H2,1-4H3/b23-5+/t28-,35+,36-,38-,40-/m1/s1. The molecule has 52 heavy (non-hydrogen) atoms. The van der Waals surface area contributed by atoms with Crippen LogP contribution in [0.1, 0.15) is 64.9 Å². The van der Waals surface area contributed by atoms with E-state index in [0.717, 1.165) is 53.8 Å². The summed E-state index contributed by atoms with van der Waals surface area (Å²) in [6.07, 6.45) is 11.7. The lowest BCUT2D eigenvalue weighted by Crippen LogP contribution is -2.68. The van der Waals surface area contributed by atoms with Gasteiger partial charge in [0.1, 0.15) is 11.3 Å². The van der Waals surface area contributed by atoms with Crippen molar-refractivity contribution in [3.8, 4) is 5.75 Å². The number of rotatable bonds is 4. The molecule has 1 aromatic heterocycles. The lowest BCUT2D eigenvalue weighted by Gasteiger charge is -2.56. The Balaban J connectivity index is 1.30. The van der Waals surface area contributed by atoms with Gasteiger partial charge in [0.25, 0.3) is 0 Å². The van der Waals surface area contributed by atoms with Crippen molar-refractivity contribution >= 4 is 44.4 Å². The van der Waals surface area contributed by atoms with Crippen LogP contribution in [0, 0.1) is 11.8 Å². The van der Waals surface area contributed by atoms with Gasteiger partial charge in [-0.05, 0) is 75.6 Å². The summed E-state index contributed by atoms with van der Waals surface area (Å²) in [4.78, 5) is 42.6. The Labute approximate surface area is 312 Å². The molecule has 2 aromatic rings. The molecule has 2 spiro atoms. The van der Waals surface area contributed by atoms with E-state index in [4.69, 9.17) is 19.6 Å². The first-order valence-electron chi connectivity index (χ1n) is 18.5. The van der Waals surface area contributed by atoms with E-state index in [1.807, 2.05) is 54.6 Å². The Hall–Kier alpha value is -3.61. The van der Waals surface area contributed by atoms with E-state index in [-0.39, 0.29) is 23.1 Å². The van der Waals surface area contributed by atoms with Crippen LogP contribution in [-0.2, 0) is 20.7 Å². The Morgan fingerprint density at radius 1 is 1.23 bits per heavy atom. The molecular formula is C40H48N4O6S2. The van der Waals surface area contributed by atoms with Crippen LogP contribution in [-0.4, -0.2) is 71.2 Å². The number of fused-ring (bicyclic) bond motifs is 7. The van der Waals surface area contributed by atoms with Crippen LogP contribution in [0.2, 0.25) is 0 Å². The van der Waals surface area contributed by atoms with Gasteiger partial charge in [0.15, 0.2) is 11.2 Å². The number of nitrogens with one attached hydrogen (secondary N) is 2. The fourth-order valence-electron chi connectivity index (χ4n) is 9.67. The van der Waals surface area contributed by atoms with Gasteiger partial charge in [-0.25, -0.2) is 9.59 Å². The van der Waals surface area contributed by atoms with Crippen LogP contribution in [0.5, 0.6) is 5.75 Å². The molecular weight excluding hydrogens is 697 g/mol. The first-order chi connectivity index (χ1) is 25.0. The second kappa shape index (κ2) is 13.4. The highest BCUT2D eigenvalue weighted by molar-refractivity contribution is 8.77. The van der Waals surface area contributed by atoms with E-state index in [1.54, 1.807) is 25.1 Å². The fourth-order valence-corrected chi connectivity index (χ4v) is 13.3. The summed E-state index contributed by atoms with van der Waals surface area (Å²) >= 11 is 0. The van der Waals surface area contributed by atoms with E-state index in [1.165, 1.54) is 24.5 Å². The third-order valence-corrected chi connectivity index (χ3v) is 15.7. The first-order valence-corrected chi connectivity index (χ1v) is 20.8. The second-order valence-electron chi connectivity index (χ2n) is 15.5. The number of carbonyl (C=O) groups is 2. The molecule has 0 unspecified atom stereocenters. The van der Waals surface area contributed by atoms with Crippen LogP contribution in [0.25, 0.3) is 11.0 Å². The van der Waals surface area contributed by atoms with Crippen LogP contribution >= 0.6 is 21.6 Å². The molecule has 0 bridgehead atoms. The molecule has 1 aromatic carbocycles. The van der Waals surface area contributed by atoms with E-state index in [2.05, 4.69) is 21.6 Å². The van der Waals surface area contributed by atoms with Crippen molar-refractivity contribution in [2.75, 3.05) is 32.4 Å². The summed E-state index contributed by atoms with van der Waals surface area (Å²) < 4.78 is 19.4. The highest BCUT2D eigenvalue weighted by Crippen LogP contribution is 2.60. The van der Waals surface area contributed by atoms with Gasteiger partial charge in [0, 0.05) is 72.0 Å². The molecule has 1 saturated carbocycles. The van der Waals surface area contributed by atoms with Crippen LogP contribution in [0.3, 0.4) is 0 Å². The fraction of sp³-hybridized carbons (Fsp3) is 0.525. The molecule has 5 atom stereocenters. The zero-order valence-electron chi connectivity index (χ0n) is 30.3. The number of benzene rings is 1. The van der Waals surface area contributed by atoms with Crippen molar-refractivity contribution in [1.82, 2.24) is 15.5 Å². The van der Waals surface area contributed by atoms with E-state index >= 15 is 0 Å². The van der Waals surface area contributed by atoms with E-state index < -0.39 is 28.7 Å². The van der Waals surface area contributed by atoms with Gasteiger partial charge < -0.3 is 35.2 Å². The average molecular weight is 745 g/mol. The topological polar surface area (TPSA) is 136 Å². The van der Waals surface area contributed by atoms with Crippen LogP contribution < -0.4 is 26.7 Å². The molecule has 2 aliphatic carbocycles. The van der Waals surface area contributed by atoms with Crippen molar-refractivity contribution in [2.24, 2.45) is 17.6 Å². The maximum Gasteiger partial charge on any atom is 0.336 e. The Morgan fingerprint density at radius 3 is 2.81 bits per heavy atom. The second-order valence-corrected chi connectivity index (χ2v) is 18.3. The highest BCUT2D eigenvalue weighted by atomic mass is 33.1. The summed E-state index contributed by atoms with van der Waals surface area (Å²) in [5, 5.41) is 7.52. The number of hydrogen-bond acceptors (Lipinski definition) is 11. The maximum atomic E-state index is 14.5. The summed E-state index contributed by atoms with van der Waals surface area (Å²) in [6.45, 7) is 7.65.